The Morgan fingerprint density at radius 1 is 1.21 bits per heavy atom. The summed E-state index contributed by atoms with van der Waals surface area (Å²) in [7, 11) is 1.43. The van der Waals surface area contributed by atoms with Gasteiger partial charge in [-0.3, -0.25) is 0 Å². The summed E-state index contributed by atoms with van der Waals surface area (Å²) in [6.07, 6.45) is 5.65. The molecule has 0 aliphatic carbocycles. The number of benzene rings is 1. The van der Waals surface area contributed by atoms with Crippen LogP contribution in [0, 0.1) is 5.82 Å². The number of carbonyl (C=O) groups excluding carboxylic acids is 1. The fourth-order valence-electron chi connectivity index (χ4n) is 4.17. The minimum atomic E-state index is -0.473. The number of hydrogen-bond acceptors (Lipinski definition) is 6. The normalized spacial score (nSPS) is 18.2. The first-order chi connectivity index (χ1) is 16.2. The van der Waals surface area contributed by atoms with Gasteiger partial charge in [0.05, 0.1) is 0 Å². The van der Waals surface area contributed by atoms with E-state index in [4.69, 9.17) is 4.74 Å². The first kappa shape index (κ1) is 22.0. The molecule has 0 fully saturated rings. The van der Waals surface area contributed by atoms with E-state index in [9.17, 15) is 9.18 Å². The van der Waals surface area contributed by atoms with Gasteiger partial charge >= 0.3 is 202 Å². The molecule has 174 valence electrons. The van der Waals surface area contributed by atoms with Gasteiger partial charge in [0, 0.05) is 0 Å². The van der Waals surface area contributed by atoms with Crippen LogP contribution in [0.25, 0.3) is 11.3 Å². The van der Waals surface area contributed by atoms with Crippen LogP contribution in [0.4, 0.5) is 21.5 Å². The van der Waals surface area contributed by atoms with E-state index in [1.807, 2.05) is 6.07 Å². The van der Waals surface area contributed by atoms with Gasteiger partial charge in [-0.1, -0.05) is 0 Å². The maximum atomic E-state index is 14.4. The van der Waals surface area contributed by atoms with Crippen LogP contribution in [-0.4, -0.2) is 42.6 Å². The van der Waals surface area contributed by atoms with E-state index < -0.39 is 27.3 Å². The number of nitrogens with zero attached hydrogens (tertiary/aromatic N) is 1. The zero-order chi connectivity index (χ0) is 22.8. The second kappa shape index (κ2) is 9.56. The summed E-state index contributed by atoms with van der Waals surface area (Å²) in [5, 5.41) is 9.84. The summed E-state index contributed by atoms with van der Waals surface area (Å²) < 4.78 is 23.5. The molecular weight excluding hydrogens is 538 g/mol. The van der Waals surface area contributed by atoms with Crippen molar-refractivity contribution in [1.29, 1.82) is 0 Å². The number of amides is 1. The monoisotopic (exact) mass is 563 g/mol. The average Bonchev–Trinajstić information content (AvgIpc) is 3.20. The van der Waals surface area contributed by atoms with Crippen molar-refractivity contribution in [3.05, 3.63) is 53.7 Å². The number of alkyl halides is 1. The molecule has 33 heavy (non-hydrogen) atoms. The van der Waals surface area contributed by atoms with Crippen LogP contribution in [0.15, 0.2) is 36.7 Å². The van der Waals surface area contributed by atoms with E-state index >= 15 is 0 Å². The number of rotatable bonds is 3. The molecule has 1 atom stereocenters. The Morgan fingerprint density at radius 3 is 2.97 bits per heavy atom. The number of aromatic amines is 1. The van der Waals surface area contributed by atoms with Crippen LogP contribution in [0.2, 0.25) is 0 Å². The molecule has 2 aliphatic rings. The first-order valence-corrected chi connectivity index (χ1v) is 13.2. The Hall–Kier alpha value is -2.86. The molecule has 1 aromatic carbocycles. The van der Waals surface area contributed by atoms with Crippen molar-refractivity contribution in [3.8, 4) is 17.0 Å². The number of H-pyrrole nitrogens is 1. The number of nitrogens with one attached hydrogen (secondary N) is 5. The van der Waals surface area contributed by atoms with E-state index in [2.05, 4.69) is 29.4 Å². The van der Waals surface area contributed by atoms with Gasteiger partial charge in [-0.05, 0) is 0 Å². The summed E-state index contributed by atoms with van der Waals surface area (Å²) in [6.45, 7) is 2.37. The van der Waals surface area contributed by atoms with Crippen LogP contribution in [0.3, 0.4) is 0 Å². The summed E-state index contributed by atoms with van der Waals surface area (Å²) in [4.78, 5) is 20.9. The van der Waals surface area contributed by atoms with Gasteiger partial charge < -0.3 is 0 Å². The Bertz CT molecular complexity index is 1180. The molecular formula is C23H25FIN6O2-. The summed E-state index contributed by atoms with van der Waals surface area (Å²) in [5.41, 5.74) is 5.07. The van der Waals surface area contributed by atoms with Gasteiger partial charge in [0.2, 0.25) is 0 Å². The van der Waals surface area contributed by atoms with Crippen molar-refractivity contribution in [1.82, 2.24) is 18.8 Å². The second-order valence-corrected chi connectivity index (χ2v) is 10.7. The molecule has 0 unspecified atom stereocenters. The minimum absolute atomic E-state index is 0.0998. The third-order valence-corrected chi connectivity index (χ3v) is 8.55. The van der Waals surface area contributed by atoms with Gasteiger partial charge in [-0.25, -0.2) is 0 Å². The first-order valence-electron chi connectivity index (χ1n) is 10.8. The molecule has 8 nitrogen and oxygen atoms in total. The number of hydrogen-bond donors (Lipinski definition) is 5. The number of anilines is 3. The van der Waals surface area contributed by atoms with Crippen molar-refractivity contribution in [2.45, 2.75) is 16.8 Å². The van der Waals surface area contributed by atoms with E-state index in [-0.39, 0.29) is 15.6 Å². The molecule has 0 spiro atoms. The van der Waals surface area contributed by atoms with Gasteiger partial charge in [0.1, 0.15) is 0 Å². The molecule has 4 heterocycles. The van der Waals surface area contributed by atoms with Crippen molar-refractivity contribution >= 4 is 23.0 Å². The van der Waals surface area contributed by atoms with Crippen LogP contribution in [0.1, 0.15) is 32.8 Å². The molecule has 0 saturated heterocycles. The topological polar surface area (TPSA) is 103 Å². The zero-order valence-corrected chi connectivity index (χ0v) is 20.3. The van der Waals surface area contributed by atoms with Crippen LogP contribution in [-0.2, 0) is 0 Å². The van der Waals surface area contributed by atoms with E-state index in [1.54, 1.807) is 24.5 Å². The Balaban J connectivity index is 1.71. The number of fused-ring (bicyclic) bond motifs is 3. The fourth-order valence-corrected chi connectivity index (χ4v) is 6.62. The molecule has 2 bridgehead atoms. The van der Waals surface area contributed by atoms with Crippen molar-refractivity contribution in [2.24, 2.45) is 0 Å². The SMILES string of the molecule is COc1c(F)cccc1Nc1c2[nH]c3c1C(=O)NC[C@@H]3[I-]NCCCCNc1cnccc1-2. The molecule has 1 amide bonds. The van der Waals surface area contributed by atoms with Crippen molar-refractivity contribution in [2.75, 3.05) is 37.4 Å². The van der Waals surface area contributed by atoms with Gasteiger partial charge in [0.15, 0.2) is 0 Å². The molecule has 2 aromatic heterocycles. The molecule has 0 saturated carbocycles. The Morgan fingerprint density at radius 2 is 2.09 bits per heavy atom. The summed E-state index contributed by atoms with van der Waals surface area (Å²) >= 11 is -0.392. The Labute approximate surface area is 201 Å². The number of methoxy groups -OCH3 is 1. The number of carbonyl (C=O) groups is 1. The molecule has 5 rings (SSSR count). The third kappa shape index (κ3) is 4.24. The van der Waals surface area contributed by atoms with Crippen molar-refractivity contribution in [3.63, 3.8) is 0 Å². The molecule has 5 N–H and O–H groups in total. The fraction of sp³-hybridized carbons (Fsp3) is 0.304. The summed E-state index contributed by atoms with van der Waals surface area (Å²) in [5.74, 6) is -0.525. The van der Waals surface area contributed by atoms with Gasteiger partial charge in [-0.15, -0.1) is 0 Å². The third-order valence-electron chi connectivity index (χ3n) is 5.75. The zero-order valence-electron chi connectivity index (χ0n) is 18.1. The van der Waals surface area contributed by atoms with Crippen LogP contribution in [0.5, 0.6) is 5.75 Å². The summed E-state index contributed by atoms with van der Waals surface area (Å²) in [6, 6.07) is 6.62. The average molecular weight is 563 g/mol. The van der Waals surface area contributed by atoms with Crippen LogP contribution < -0.4 is 45.7 Å². The van der Waals surface area contributed by atoms with E-state index in [0.717, 1.165) is 48.6 Å². The van der Waals surface area contributed by atoms with Crippen LogP contribution >= 0.6 is 0 Å². The Kier molecular flexibility index (Phi) is 6.36. The number of pyridine rings is 1. The van der Waals surface area contributed by atoms with E-state index in [0.29, 0.717) is 23.5 Å². The maximum absolute atomic E-state index is 14.4. The number of ether oxygens (including phenoxy) is 1. The quantitative estimate of drug-likeness (QED) is 0.181. The molecule has 0 radical (unpaired) electrons. The van der Waals surface area contributed by atoms with E-state index in [1.165, 1.54) is 13.2 Å². The molecule has 10 heteroatoms. The predicted molar refractivity (Wildman–Crippen MR) is 121 cm³/mol. The number of halogens is 2. The molecule has 3 aromatic rings. The van der Waals surface area contributed by atoms with Gasteiger partial charge in [-0.2, -0.15) is 0 Å². The van der Waals surface area contributed by atoms with Crippen molar-refractivity contribution < 1.29 is 35.4 Å². The second-order valence-electron chi connectivity index (χ2n) is 7.83. The number of aromatic nitrogens is 2. The standard InChI is InChI=1S/C23H25FIN6O2/c1-33-22-14(24)5-4-6-16(22)30-21-18-20-15(11-28-23(18)32)25-29-9-3-2-8-27-17-12-26-10-7-13(17)19(21)31-20/h4-7,10,12,15,27,29-31H,2-3,8-9,11H2,1H3,(H,28,32)/q-1/t15-/m0/s1. The molecule has 2 aliphatic heterocycles. The number of para-hydroxylation sites is 1. The van der Waals surface area contributed by atoms with Gasteiger partial charge in [0.25, 0.3) is 0 Å². The predicted octanol–water partition coefficient (Wildman–Crippen LogP) is 0.552.